The second-order valence-corrected chi connectivity index (χ2v) is 9.08. The lowest BCUT2D eigenvalue weighted by Crippen LogP contribution is -2.65. The molecule has 0 unspecified atom stereocenters. The van der Waals surface area contributed by atoms with Gasteiger partial charge in [-0.15, -0.1) is 0 Å². The Hall–Kier alpha value is -3.48. The summed E-state index contributed by atoms with van der Waals surface area (Å²) in [7, 11) is 3.14. The van der Waals surface area contributed by atoms with Gasteiger partial charge in [0.15, 0.2) is 0 Å². The third-order valence-corrected chi connectivity index (χ3v) is 7.00. The lowest BCUT2D eigenvalue weighted by atomic mass is 9.93. The smallest absolute Gasteiger partial charge is 0.276 e. The van der Waals surface area contributed by atoms with Gasteiger partial charge in [0.25, 0.3) is 5.91 Å². The standard InChI is InChI=1S/C26H29N3O4/c1-26(25(31)27-18-9-5-6-10-18)16-28-20-11-7-4-8-17(20)14-22(28)24(30)29(26)21-15-19(32-2)12-13-23(21)33-3/h4,7-8,11-15,18H,5-6,9-10,16H2,1-3H3,(H,27,31)/t26-/m1/s1. The van der Waals surface area contributed by atoms with Crippen molar-refractivity contribution in [3.05, 3.63) is 54.2 Å². The number of nitrogens with one attached hydrogen (secondary N) is 1. The van der Waals surface area contributed by atoms with E-state index in [2.05, 4.69) is 5.32 Å². The monoisotopic (exact) mass is 447 g/mol. The molecule has 1 saturated carbocycles. The minimum Gasteiger partial charge on any atom is -0.497 e. The highest BCUT2D eigenvalue weighted by atomic mass is 16.5. The Morgan fingerprint density at radius 2 is 1.82 bits per heavy atom. The molecule has 1 aromatic heterocycles. The summed E-state index contributed by atoms with van der Waals surface area (Å²) >= 11 is 0. The van der Waals surface area contributed by atoms with Crippen molar-refractivity contribution in [1.29, 1.82) is 0 Å². The van der Waals surface area contributed by atoms with E-state index in [-0.39, 0.29) is 17.9 Å². The first kappa shape index (κ1) is 21.4. The zero-order chi connectivity index (χ0) is 23.2. The predicted octanol–water partition coefficient (Wildman–Crippen LogP) is 4.14. The minimum atomic E-state index is -1.16. The molecule has 1 fully saturated rings. The summed E-state index contributed by atoms with van der Waals surface area (Å²) in [4.78, 5) is 29.5. The molecule has 2 aliphatic rings. The van der Waals surface area contributed by atoms with Gasteiger partial charge in [0.1, 0.15) is 22.7 Å². The summed E-state index contributed by atoms with van der Waals surface area (Å²) in [6.45, 7) is 2.17. The van der Waals surface area contributed by atoms with E-state index in [1.165, 1.54) is 0 Å². The van der Waals surface area contributed by atoms with Crippen LogP contribution in [-0.4, -0.2) is 42.2 Å². The van der Waals surface area contributed by atoms with Gasteiger partial charge < -0.3 is 19.4 Å². The SMILES string of the molecule is COc1ccc(OC)c(N2C(=O)c3cc4ccccc4n3C[C@]2(C)C(=O)NC2CCCC2)c1. The van der Waals surface area contributed by atoms with Crippen LogP contribution in [0.4, 0.5) is 5.69 Å². The van der Waals surface area contributed by atoms with Gasteiger partial charge in [0.05, 0.1) is 26.5 Å². The molecule has 7 heteroatoms. The number of ether oxygens (including phenoxy) is 2. The first-order chi connectivity index (χ1) is 16.0. The average molecular weight is 448 g/mol. The fourth-order valence-corrected chi connectivity index (χ4v) is 5.21. The van der Waals surface area contributed by atoms with Crippen LogP contribution in [0.15, 0.2) is 48.5 Å². The molecule has 2 amide bonds. The van der Waals surface area contributed by atoms with Gasteiger partial charge in [0, 0.05) is 23.0 Å². The molecule has 0 bridgehead atoms. The van der Waals surface area contributed by atoms with E-state index < -0.39 is 5.54 Å². The minimum absolute atomic E-state index is 0.140. The Morgan fingerprint density at radius 3 is 2.55 bits per heavy atom. The maximum Gasteiger partial charge on any atom is 0.276 e. The molecule has 1 N–H and O–H groups in total. The van der Waals surface area contributed by atoms with Crippen LogP contribution in [0.2, 0.25) is 0 Å². The van der Waals surface area contributed by atoms with E-state index in [9.17, 15) is 9.59 Å². The number of aromatic nitrogens is 1. The molecule has 1 aliphatic heterocycles. The molecule has 33 heavy (non-hydrogen) atoms. The molecule has 0 spiro atoms. The van der Waals surface area contributed by atoms with E-state index in [0.717, 1.165) is 36.6 Å². The first-order valence-corrected chi connectivity index (χ1v) is 11.4. The lowest BCUT2D eigenvalue weighted by Gasteiger charge is -2.44. The van der Waals surface area contributed by atoms with E-state index >= 15 is 0 Å². The molecule has 2 aromatic carbocycles. The highest BCUT2D eigenvalue weighted by Gasteiger charge is 2.50. The average Bonchev–Trinajstić information content (AvgIpc) is 3.47. The molecule has 5 rings (SSSR count). The topological polar surface area (TPSA) is 72.8 Å². The quantitative estimate of drug-likeness (QED) is 0.638. The Balaban J connectivity index is 1.68. The number of hydrogen-bond donors (Lipinski definition) is 1. The van der Waals surface area contributed by atoms with Crippen LogP contribution in [0.25, 0.3) is 10.9 Å². The van der Waals surface area contributed by atoms with Gasteiger partial charge in [-0.3, -0.25) is 14.5 Å². The van der Waals surface area contributed by atoms with E-state index in [0.29, 0.717) is 29.4 Å². The van der Waals surface area contributed by atoms with Gasteiger partial charge in [-0.1, -0.05) is 31.0 Å². The van der Waals surface area contributed by atoms with Crippen molar-refractivity contribution in [2.24, 2.45) is 0 Å². The van der Waals surface area contributed by atoms with Gasteiger partial charge in [0.2, 0.25) is 5.91 Å². The van der Waals surface area contributed by atoms with Crippen LogP contribution in [-0.2, 0) is 11.3 Å². The molecular formula is C26H29N3O4. The van der Waals surface area contributed by atoms with Crippen LogP contribution < -0.4 is 19.7 Å². The summed E-state index contributed by atoms with van der Waals surface area (Å²) in [5.74, 6) is 0.695. The Labute approximate surface area is 193 Å². The fourth-order valence-electron chi connectivity index (χ4n) is 5.21. The number of hydrogen-bond acceptors (Lipinski definition) is 4. The van der Waals surface area contributed by atoms with Crippen LogP contribution in [0.5, 0.6) is 11.5 Å². The van der Waals surface area contributed by atoms with E-state index in [1.807, 2.05) is 41.8 Å². The predicted molar refractivity (Wildman–Crippen MR) is 127 cm³/mol. The highest BCUT2D eigenvalue weighted by Crippen LogP contribution is 2.41. The number of methoxy groups -OCH3 is 2. The first-order valence-electron chi connectivity index (χ1n) is 11.4. The van der Waals surface area contributed by atoms with Gasteiger partial charge in [-0.25, -0.2) is 0 Å². The fraction of sp³-hybridized carbons (Fsp3) is 0.385. The zero-order valence-corrected chi connectivity index (χ0v) is 19.3. The maximum absolute atomic E-state index is 14.0. The normalized spacial score (nSPS) is 20.7. The lowest BCUT2D eigenvalue weighted by molar-refractivity contribution is -0.127. The Bertz CT molecular complexity index is 1230. The van der Waals surface area contributed by atoms with Gasteiger partial charge in [-0.2, -0.15) is 0 Å². The Morgan fingerprint density at radius 1 is 1.06 bits per heavy atom. The van der Waals surface area contributed by atoms with Crippen molar-refractivity contribution >= 4 is 28.4 Å². The maximum atomic E-state index is 14.0. The molecule has 1 aliphatic carbocycles. The van der Waals surface area contributed by atoms with E-state index in [1.54, 1.807) is 37.3 Å². The van der Waals surface area contributed by atoms with Crippen molar-refractivity contribution < 1.29 is 19.1 Å². The largest absolute Gasteiger partial charge is 0.497 e. The zero-order valence-electron chi connectivity index (χ0n) is 19.3. The number of benzene rings is 2. The van der Waals surface area contributed by atoms with Crippen LogP contribution in [0.1, 0.15) is 43.1 Å². The second kappa shape index (κ2) is 8.14. The number of amides is 2. The van der Waals surface area contributed by atoms with Crippen LogP contribution >= 0.6 is 0 Å². The van der Waals surface area contributed by atoms with Crippen LogP contribution in [0.3, 0.4) is 0 Å². The van der Waals surface area contributed by atoms with Crippen molar-refractivity contribution in [2.75, 3.05) is 19.1 Å². The Kier molecular flexibility index (Phi) is 5.27. The van der Waals surface area contributed by atoms with E-state index in [4.69, 9.17) is 9.47 Å². The molecule has 0 radical (unpaired) electrons. The number of fused-ring (bicyclic) bond motifs is 3. The number of carbonyl (C=O) groups is 2. The van der Waals surface area contributed by atoms with Gasteiger partial charge in [-0.05, 0) is 44.0 Å². The van der Waals surface area contributed by atoms with Crippen molar-refractivity contribution in [3.8, 4) is 11.5 Å². The van der Waals surface area contributed by atoms with Gasteiger partial charge >= 0.3 is 0 Å². The van der Waals surface area contributed by atoms with Crippen molar-refractivity contribution in [2.45, 2.75) is 50.7 Å². The van der Waals surface area contributed by atoms with Crippen molar-refractivity contribution in [1.82, 2.24) is 9.88 Å². The molecule has 0 saturated heterocycles. The summed E-state index contributed by atoms with van der Waals surface area (Å²) < 4.78 is 13.0. The molecule has 3 aromatic rings. The number of carbonyl (C=O) groups excluding carboxylic acids is 2. The third kappa shape index (κ3) is 3.43. The number of anilines is 1. The number of para-hydroxylation sites is 1. The molecule has 2 heterocycles. The molecule has 1 atom stereocenters. The second-order valence-electron chi connectivity index (χ2n) is 9.08. The molecule has 172 valence electrons. The number of rotatable bonds is 5. The summed E-state index contributed by atoms with van der Waals surface area (Å²) in [6, 6.07) is 15.2. The van der Waals surface area contributed by atoms with Crippen LogP contribution in [0, 0.1) is 0 Å². The van der Waals surface area contributed by atoms with Crippen molar-refractivity contribution in [3.63, 3.8) is 0 Å². The summed E-state index contributed by atoms with van der Waals surface area (Å²) in [6.07, 6.45) is 4.16. The number of nitrogens with zero attached hydrogens (tertiary/aromatic N) is 2. The summed E-state index contributed by atoms with van der Waals surface area (Å²) in [5, 5.41) is 4.20. The molecular weight excluding hydrogens is 418 g/mol. The highest BCUT2D eigenvalue weighted by molar-refractivity contribution is 6.14. The molecule has 7 nitrogen and oxygen atoms in total. The third-order valence-electron chi connectivity index (χ3n) is 7.00. The summed E-state index contributed by atoms with van der Waals surface area (Å²) in [5.41, 5.74) is 0.848.